The Morgan fingerprint density at radius 1 is 0.903 bits per heavy atom. The fourth-order valence-corrected chi connectivity index (χ4v) is 10.5. The van der Waals surface area contributed by atoms with Crippen LogP contribution < -0.4 is 30.1 Å². The zero-order chi connectivity index (χ0) is 44.9. The van der Waals surface area contributed by atoms with Crippen LogP contribution in [-0.4, -0.2) is 108 Å². The second-order valence-electron chi connectivity index (χ2n) is 19.9. The number of ether oxygens (including phenoxy) is 4. The molecule has 6 atom stereocenters. The number of rotatable bonds is 12. The van der Waals surface area contributed by atoms with E-state index in [4.69, 9.17) is 18.9 Å². The lowest BCUT2D eigenvalue weighted by Gasteiger charge is -2.37. The summed E-state index contributed by atoms with van der Waals surface area (Å²) in [6.07, 6.45) is 3.14. The third-order valence-corrected chi connectivity index (χ3v) is 14.6. The Hall–Kier alpha value is -4.81. The van der Waals surface area contributed by atoms with E-state index in [1.165, 1.54) is 9.80 Å². The second-order valence-corrected chi connectivity index (χ2v) is 21.8. The molecule has 3 aliphatic heterocycles. The van der Waals surface area contributed by atoms with E-state index in [9.17, 15) is 37.2 Å². The standard InChI is InChI=1S/C43H62N6O12S/c1-8-27-19-43(27,38(53)47-62(56,57)29-14-15-29)46-35(50)30-18-28(60-40(55)48-20-25-16-31-32(59-23-58-31)17-26(25)21-48)22-49(30)37(52)34(41(2,3)4)45-36(51)33(24-12-10-9-11-13-24)44-39(54)61-42(5,6)7/h16-17,24,27-30,33-34H,8-15,18-23H2,1-7H3,(H,44,54)(H,45,51)(H,46,50)(H,47,53)/t27-,28+,30?,33-,34+,43-/m0/s1. The van der Waals surface area contributed by atoms with Crippen molar-refractivity contribution in [2.24, 2.45) is 17.3 Å². The number of hydrogen-bond acceptors (Lipinski definition) is 12. The van der Waals surface area contributed by atoms with Crippen molar-refractivity contribution in [1.82, 2.24) is 30.5 Å². The van der Waals surface area contributed by atoms with Crippen molar-refractivity contribution < 1.29 is 56.1 Å². The van der Waals surface area contributed by atoms with Gasteiger partial charge in [-0.2, -0.15) is 0 Å². The fraction of sp³-hybridized carbons (Fsp3) is 0.721. The summed E-state index contributed by atoms with van der Waals surface area (Å²) in [6, 6.07) is 0.146. The molecular weight excluding hydrogens is 825 g/mol. The van der Waals surface area contributed by atoms with Gasteiger partial charge in [-0.15, -0.1) is 0 Å². The number of carbonyl (C=O) groups excluding carboxylic acids is 6. The van der Waals surface area contributed by atoms with Crippen LogP contribution >= 0.6 is 0 Å². The van der Waals surface area contributed by atoms with Gasteiger partial charge >= 0.3 is 12.2 Å². The van der Waals surface area contributed by atoms with Crippen molar-refractivity contribution in [3.63, 3.8) is 0 Å². The van der Waals surface area contributed by atoms with Gasteiger partial charge in [0.1, 0.15) is 35.4 Å². The smallest absolute Gasteiger partial charge is 0.410 e. The largest absolute Gasteiger partial charge is 0.454 e. The normalized spacial score (nSPS) is 25.6. The molecule has 6 aliphatic rings. The predicted octanol–water partition coefficient (Wildman–Crippen LogP) is 3.73. The molecule has 18 nitrogen and oxygen atoms in total. The minimum atomic E-state index is -3.93. The van der Waals surface area contributed by atoms with Crippen LogP contribution in [0.4, 0.5) is 9.59 Å². The molecule has 4 fully saturated rings. The van der Waals surface area contributed by atoms with Gasteiger partial charge in [-0.25, -0.2) is 18.0 Å². The Labute approximate surface area is 363 Å². The zero-order valence-corrected chi connectivity index (χ0v) is 37.6. The molecule has 342 valence electrons. The predicted molar refractivity (Wildman–Crippen MR) is 223 cm³/mol. The topological polar surface area (TPSA) is 228 Å². The lowest BCUT2D eigenvalue weighted by molar-refractivity contribution is -0.145. The first-order valence-electron chi connectivity index (χ1n) is 21.9. The lowest BCUT2D eigenvalue weighted by atomic mass is 9.82. The van der Waals surface area contributed by atoms with E-state index < -0.39 is 91.9 Å². The molecule has 6 amide bonds. The summed E-state index contributed by atoms with van der Waals surface area (Å²) in [4.78, 5) is 87.1. The van der Waals surface area contributed by atoms with Gasteiger partial charge in [-0.05, 0) is 93.4 Å². The zero-order valence-electron chi connectivity index (χ0n) is 36.8. The first-order valence-corrected chi connectivity index (χ1v) is 23.5. The molecule has 0 aromatic heterocycles. The number of nitrogens with zero attached hydrogens (tertiary/aromatic N) is 2. The highest BCUT2D eigenvalue weighted by Crippen LogP contribution is 2.47. The van der Waals surface area contributed by atoms with Crippen LogP contribution in [0.3, 0.4) is 0 Å². The van der Waals surface area contributed by atoms with Crippen molar-refractivity contribution >= 4 is 45.8 Å². The summed E-state index contributed by atoms with van der Waals surface area (Å²) in [7, 11) is -3.93. The summed E-state index contributed by atoms with van der Waals surface area (Å²) in [6.45, 7) is 12.7. The maximum absolute atomic E-state index is 15.0. The molecule has 4 N–H and O–H groups in total. The van der Waals surface area contributed by atoms with Gasteiger partial charge in [0, 0.05) is 19.5 Å². The van der Waals surface area contributed by atoms with Crippen molar-refractivity contribution in [2.75, 3.05) is 13.3 Å². The second kappa shape index (κ2) is 17.1. The quantitative estimate of drug-likeness (QED) is 0.236. The highest BCUT2D eigenvalue weighted by atomic mass is 32.2. The average Bonchev–Trinajstić information content (AvgIpc) is 4.02. The molecule has 0 radical (unpaired) electrons. The molecule has 1 unspecified atom stereocenters. The molecule has 1 saturated heterocycles. The number of hydrogen-bond donors (Lipinski definition) is 4. The Morgan fingerprint density at radius 3 is 2.08 bits per heavy atom. The van der Waals surface area contributed by atoms with Gasteiger partial charge in [-0.1, -0.05) is 53.4 Å². The SMILES string of the molecule is CC[C@H]1C[C@@]1(NC(=O)C1C[C@@H](OC(=O)N2Cc3cc4c(cc3C2)OCO4)CN1C(=O)[C@@H](NC(=O)[C@@H](NC(=O)OC(C)(C)C)C1CCCCC1)C(C)(C)C)C(=O)NS(=O)(=O)C1CC1. The minimum Gasteiger partial charge on any atom is -0.454 e. The van der Waals surface area contributed by atoms with Gasteiger partial charge in [0.15, 0.2) is 11.5 Å². The van der Waals surface area contributed by atoms with E-state index in [1.54, 1.807) is 41.5 Å². The van der Waals surface area contributed by atoms with Gasteiger partial charge in [0.05, 0.1) is 11.8 Å². The number of carbonyl (C=O) groups is 6. The highest BCUT2D eigenvalue weighted by molar-refractivity contribution is 7.91. The van der Waals surface area contributed by atoms with Gasteiger partial charge in [-0.3, -0.25) is 28.8 Å². The van der Waals surface area contributed by atoms with Crippen LogP contribution in [0.25, 0.3) is 0 Å². The van der Waals surface area contributed by atoms with E-state index in [0.717, 1.165) is 30.4 Å². The molecule has 7 rings (SSSR count). The maximum Gasteiger partial charge on any atom is 0.410 e. The number of fused-ring (bicyclic) bond motifs is 2. The molecule has 62 heavy (non-hydrogen) atoms. The van der Waals surface area contributed by atoms with Crippen LogP contribution in [0.2, 0.25) is 0 Å². The summed E-state index contributed by atoms with van der Waals surface area (Å²) in [5, 5.41) is 7.86. The molecule has 0 spiro atoms. The molecular formula is C43H62N6O12S. The van der Waals surface area contributed by atoms with E-state index in [0.29, 0.717) is 43.6 Å². The van der Waals surface area contributed by atoms with Crippen molar-refractivity contribution in [3.05, 3.63) is 23.3 Å². The third kappa shape index (κ3) is 9.86. The number of amides is 6. The van der Waals surface area contributed by atoms with Crippen LogP contribution in [0.1, 0.15) is 124 Å². The summed E-state index contributed by atoms with van der Waals surface area (Å²) in [5.41, 5.74) is -1.54. The highest BCUT2D eigenvalue weighted by Gasteiger charge is 2.62. The van der Waals surface area contributed by atoms with Crippen molar-refractivity contribution in [3.8, 4) is 11.5 Å². The van der Waals surface area contributed by atoms with Crippen LogP contribution in [-0.2, 0) is 51.8 Å². The molecule has 3 saturated carbocycles. The molecule has 0 bridgehead atoms. The van der Waals surface area contributed by atoms with Crippen LogP contribution in [0.5, 0.6) is 11.5 Å². The van der Waals surface area contributed by atoms with Gasteiger partial charge in [0.2, 0.25) is 34.5 Å². The summed E-state index contributed by atoms with van der Waals surface area (Å²) in [5.74, 6) is -2.16. The fourth-order valence-electron chi connectivity index (χ4n) is 9.15. The van der Waals surface area contributed by atoms with Crippen molar-refractivity contribution in [2.45, 2.75) is 166 Å². The van der Waals surface area contributed by atoms with Crippen LogP contribution in [0.15, 0.2) is 12.1 Å². The first kappa shape index (κ1) is 45.2. The number of sulfonamides is 1. The van der Waals surface area contributed by atoms with Crippen LogP contribution in [0, 0.1) is 17.3 Å². The molecule has 19 heteroatoms. The summed E-state index contributed by atoms with van der Waals surface area (Å²) >= 11 is 0. The Morgan fingerprint density at radius 2 is 1.53 bits per heavy atom. The monoisotopic (exact) mass is 886 g/mol. The number of alkyl carbamates (subject to hydrolysis) is 1. The van der Waals surface area contributed by atoms with E-state index in [-0.39, 0.29) is 51.1 Å². The number of nitrogens with one attached hydrogen (secondary N) is 4. The molecule has 3 heterocycles. The van der Waals surface area contributed by atoms with E-state index in [2.05, 4.69) is 20.7 Å². The Balaban J connectivity index is 1.12. The Bertz CT molecular complexity index is 2040. The first-order chi connectivity index (χ1) is 29.1. The minimum absolute atomic E-state index is 0.115. The molecule has 1 aromatic rings. The van der Waals surface area contributed by atoms with Gasteiger partial charge < -0.3 is 39.8 Å². The number of benzene rings is 1. The molecule has 1 aromatic carbocycles. The number of likely N-dealkylation sites (tertiary alicyclic amines) is 1. The van der Waals surface area contributed by atoms with E-state index >= 15 is 0 Å². The van der Waals surface area contributed by atoms with Crippen molar-refractivity contribution in [1.29, 1.82) is 0 Å². The summed E-state index contributed by atoms with van der Waals surface area (Å²) < 4.78 is 50.4. The lowest BCUT2D eigenvalue weighted by Crippen LogP contribution is -2.62. The van der Waals surface area contributed by atoms with E-state index in [1.807, 2.05) is 19.1 Å². The average molecular weight is 887 g/mol. The Kier molecular flexibility index (Phi) is 12.4. The maximum atomic E-state index is 15.0. The van der Waals surface area contributed by atoms with Gasteiger partial charge in [0.25, 0.3) is 5.91 Å². The molecule has 3 aliphatic carbocycles. The third-order valence-electron chi connectivity index (χ3n) is 12.8.